The summed E-state index contributed by atoms with van der Waals surface area (Å²) in [5.41, 5.74) is 2.23. The maximum Gasteiger partial charge on any atom is 0.295 e. The Balaban J connectivity index is 1.72. The van der Waals surface area contributed by atoms with E-state index in [0.717, 1.165) is 11.1 Å². The zero-order chi connectivity index (χ0) is 23.5. The van der Waals surface area contributed by atoms with Crippen LogP contribution in [0.2, 0.25) is 5.02 Å². The van der Waals surface area contributed by atoms with E-state index in [9.17, 15) is 14.7 Å². The zero-order valence-corrected chi connectivity index (χ0v) is 19.1. The Kier molecular flexibility index (Phi) is 6.56. The van der Waals surface area contributed by atoms with E-state index < -0.39 is 17.7 Å². The first-order valence-electron chi connectivity index (χ1n) is 10.7. The van der Waals surface area contributed by atoms with Crippen LogP contribution in [0.4, 0.5) is 0 Å². The molecule has 1 amide bonds. The molecule has 0 spiro atoms. The fourth-order valence-electron chi connectivity index (χ4n) is 4.02. The molecule has 0 aliphatic carbocycles. The van der Waals surface area contributed by atoms with E-state index in [0.29, 0.717) is 35.1 Å². The number of furan rings is 1. The average molecular weight is 466 g/mol. The smallest absolute Gasteiger partial charge is 0.295 e. The Bertz CT molecular complexity index is 1200. The van der Waals surface area contributed by atoms with Crippen molar-refractivity contribution in [1.29, 1.82) is 0 Å². The Morgan fingerprint density at radius 1 is 1.15 bits per heavy atom. The number of aliphatic hydroxyl groups excluding tert-OH is 1. The van der Waals surface area contributed by atoms with Gasteiger partial charge in [-0.15, -0.1) is 0 Å². The molecule has 4 rings (SSSR count). The van der Waals surface area contributed by atoms with Crippen LogP contribution in [0.25, 0.3) is 5.76 Å². The number of benzene rings is 2. The highest BCUT2D eigenvalue weighted by Crippen LogP contribution is 2.40. The molecule has 33 heavy (non-hydrogen) atoms. The second kappa shape index (κ2) is 9.55. The van der Waals surface area contributed by atoms with Gasteiger partial charge in [-0.2, -0.15) is 0 Å². The van der Waals surface area contributed by atoms with Gasteiger partial charge in [-0.25, -0.2) is 0 Å². The number of ketones is 1. The number of ether oxygens (including phenoxy) is 1. The molecule has 3 aromatic rings. The van der Waals surface area contributed by atoms with Crippen LogP contribution < -0.4 is 4.74 Å². The maximum atomic E-state index is 13.1. The lowest BCUT2D eigenvalue weighted by atomic mass is 9.98. The lowest BCUT2D eigenvalue weighted by Crippen LogP contribution is -2.31. The van der Waals surface area contributed by atoms with Crippen molar-refractivity contribution in [2.75, 3.05) is 13.2 Å². The second-order valence-corrected chi connectivity index (χ2v) is 8.23. The van der Waals surface area contributed by atoms with E-state index in [4.69, 9.17) is 20.8 Å². The lowest BCUT2D eigenvalue weighted by Gasteiger charge is -2.23. The quantitative estimate of drug-likeness (QED) is 0.291. The van der Waals surface area contributed by atoms with E-state index in [1.54, 1.807) is 42.5 Å². The van der Waals surface area contributed by atoms with Crippen LogP contribution in [0.1, 0.15) is 35.4 Å². The highest BCUT2D eigenvalue weighted by molar-refractivity contribution is 6.46. The number of aliphatic hydroxyl groups is 1. The van der Waals surface area contributed by atoms with Crippen molar-refractivity contribution < 1.29 is 23.8 Å². The molecule has 6 nitrogen and oxygen atoms in total. The molecule has 1 aliphatic rings. The van der Waals surface area contributed by atoms with Crippen LogP contribution in [-0.4, -0.2) is 34.8 Å². The molecule has 2 aromatic carbocycles. The van der Waals surface area contributed by atoms with Gasteiger partial charge in [0, 0.05) is 17.1 Å². The molecule has 2 heterocycles. The van der Waals surface area contributed by atoms with Gasteiger partial charge in [-0.3, -0.25) is 9.59 Å². The summed E-state index contributed by atoms with van der Waals surface area (Å²) < 4.78 is 11.1. The van der Waals surface area contributed by atoms with Gasteiger partial charge >= 0.3 is 0 Å². The first kappa shape index (κ1) is 22.7. The molecular weight excluding hydrogens is 442 g/mol. The molecule has 170 valence electrons. The van der Waals surface area contributed by atoms with Gasteiger partial charge in [0.25, 0.3) is 11.7 Å². The number of hydrogen-bond donors (Lipinski definition) is 1. The van der Waals surface area contributed by atoms with E-state index in [2.05, 4.69) is 0 Å². The van der Waals surface area contributed by atoms with Crippen LogP contribution in [0, 0.1) is 6.92 Å². The van der Waals surface area contributed by atoms with Crippen molar-refractivity contribution in [3.8, 4) is 5.75 Å². The molecule has 1 N–H and O–H groups in total. The minimum atomic E-state index is -0.820. The minimum absolute atomic E-state index is 0.00890. The molecule has 0 bridgehead atoms. The second-order valence-electron chi connectivity index (χ2n) is 7.80. The van der Waals surface area contributed by atoms with Crippen LogP contribution in [0.3, 0.4) is 0 Å². The predicted octanol–water partition coefficient (Wildman–Crippen LogP) is 5.30. The van der Waals surface area contributed by atoms with E-state index in [-0.39, 0.29) is 17.9 Å². The van der Waals surface area contributed by atoms with Gasteiger partial charge in [-0.1, -0.05) is 23.7 Å². The normalized spacial score (nSPS) is 17.5. The van der Waals surface area contributed by atoms with Gasteiger partial charge in [0.2, 0.25) is 0 Å². The summed E-state index contributed by atoms with van der Waals surface area (Å²) in [6.07, 6.45) is 2.00. The molecular formula is C26H24ClNO5. The number of nitrogens with zero attached hydrogens (tertiary/aromatic N) is 1. The summed E-state index contributed by atoms with van der Waals surface area (Å²) in [6, 6.07) is 15.0. The molecule has 0 saturated carbocycles. The number of carbonyl (C=O) groups excluding carboxylic acids is 2. The number of aryl methyl sites for hydroxylation is 1. The molecule has 1 unspecified atom stereocenters. The standard InChI is InChI=1S/C26H24ClNO5/c1-3-32-20-11-8-18(15-16(20)2)24(29)22-23(21-5-4-14-33-21)28(26(31)25(22)30)13-12-17-6-9-19(27)10-7-17/h4-11,14-15,23,29H,3,12-13H2,1-2H3/b24-22-. The summed E-state index contributed by atoms with van der Waals surface area (Å²) in [4.78, 5) is 27.5. The topological polar surface area (TPSA) is 80.0 Å². The first-order chi connectivity index (χ1) is 15.9. The van der Waals surface area contributed by atoms with Crippen molar-refractivity contribution in [3.05, 3.63) is 93.9 Å². The number of hydrogen-bond acceptors (Lipinski definition) is 5. The van der Waals surface area contributed by atoms with Gasteiger partial charge in [0.1, 0.15) is 23.3 Å². The van der Waals surface area contributed by atoms with Crippen molar-refractivity contribution in [2.45, 2.75) is 26.3 Å². The van der Waals surface area contributed by atoms with E-state index in [1.165, 1.54) is 11.2 Å². The highest BCUT2D eigenvalue weighted by atomic mass is 35.5. The molecule has 0 radical (unpaired) electrons. The Morgan fingerprint density at radius 3 is 2.55 bits per heavy atom. The van der Waals surface area contributed by atoms with Crippen molar-refractivity contribution >= 4 is 29.1 Å². The molecule has 1 atom stereocenters. The number of carbonyl (C=O) groups is 2. The number of amides is 1. The molecule has 7 heteroatoms. The number of halogens is 1. The molecule has 1 aliphatic heterocycles. The minimum Gasteiger partial charge on any atom is -0.507 e. The summed E-state index contributed by atoms with van der Waals surface area (Å²) in [7, 11) is 0. The monoisotopic (exact) mass is 465 g/mol. The SMILES string of the molecule is CCOc1ccc(/C(O)=C2/C(=O)C(=O)N(CCc3ccc(Cl)cc3)C2c2ccco2)cc1C. The van der Waals surface area contributed by atoms with Crippen LogP contribution >= 0.6 is 11.6 Å². The third kappa shape index (κ3) is 4.52. The number of likely N-dealkylation sites (tertiary alicyclic amines) is 1. The number of Topliss-reactive ketones (excluding diaryl/α,β-unsaturated/α-hetero) is 1. The van der Waals surface area contributed by atoms with Gasteiger partial charge in [0.15, 0.2) is 0 Å². The predicted molar refractivity (Wildman–Crippen MR) is 125 cm³/mol. The van der Waals surface area contributed by atoms with E-state index >= 15 is 0 Å². The van der Waals surface area contributed by atoms with Gasteiger partial charge < -0.3 is 19.2 Å². The third-order valence-corrected chi connectivity index (χ3v) is 5.91. The van der Waals surface area contributed by atoms with Crippen molar-refractivity contribution in [1.82, 2.24) is 4.90 Å². The largest absolute Gasteiger partial charge is 0.507 e. The Labute approximate surface area is 197 Å². The fourth-order valence-corrected chi connectivity index (χ4v) is 4.15. The van der Waals surface area contributed by atoms with E-state index in [1.807, 2.05) is 26.0 Å². The van der Waals surface area contributed by atoms with Crippen LogP contribution in [-0.2, 0) is 16.0 Å². The highest BCUT2D eigenvalue weighted by Gasteiger charge is 2.47. The molecule has 1 aromatic heterocycles. The number of rotatable bonds is 7. The van der Waals surface area contributed by atoms with Crippen molar-refractivity contribution in [2.24, 2.45) is 0 Å². The van der Waals surface area contributed by atoms with Gasteiger partial charge in [0.05, 0.1) is 18.4 Å². The van der Waals surface area contributed by atoms with Crippen LogP contribution in [0.5, 0.6) is 5.75 Å². The summed E-state index contributed by atoms with van der Waals surface area (Å²) in [5.74, 6) is -0.546. The van der Waals surface area contributed by atoms with Gasteiger partial charge in [-0.05, 0) is 73.9 Å². The lowest BCUT2D eigenvalue weighted by molar-refractivity contribution is -0.140. The van der Waals surface area contributed by atoms with Crippen LogP contribution in [0.15, 0.2) is 70.9 Å². The Morgan fingerprint density at radius 2 is 1.91 bits per heavy atom. The Hall–Kier alpha value is -3.51. The third-order valence-electron chi connectivity index (χ3n) is 5.66. The molecule has 1 fully saturated rings. The fraction of sp³-hybridized carbons (Fsp3) is 0.231. The maximum absolute atomic E-state index is 13.1. The summed E-state index contributed by atoms with van der Waals surface area (Å²) >= 11 is 5.96. The first-order valence-corrected chi connectivity index (χ1v) is 11.1. The van der Waals surface area contributed by atoms with Crippen molar-refractivity contribution in [3.63, 3.8) is 0 Å². The summed E-state index contributed by atoms with van der Waals surface area (Å²) in [6.45, 7) is 4.54. The average Bonchev–Trinajstić information content (AvgIpc) is 3.42. The molecule has 1 saturated heterocycles. The zero-order valence-electron chi connectivity index (χ0n) is 18.4. The summed E-state index contributed by atoms with van der Waals surface area (Å²) in [5, 5.41) is 11.8.